The van der Waals surface area contributed by atoms with Gasteiger partial charge in [-0.2, -0.15) is 0 Å². The van der Waals surface area contributed by atoms with E-state index < -0.39 is 6.10 Å². The number of nitrogens with zero attached hydrogens (tertiary/aromatic N) is 1. The van der Waals surface area contributed by atoms with Crippen molar-refractivity contribution in [2.24, 2.45) is 5.92 Å². The van der Waals surface area contributed by atoms with Crippen molar-refractivity contribution in [1.82, 2.24) is 4.90 Å². The molecule has 2 unspecified atom stereocenters. The normalized spacial score (nSPS) is 17.7. The maximum absolute atomic E-state index is 12.3. The van der Waals surface area contributed by atoms with E-state index in [1.54, 1.807) is 0 Å². The SMILES string of the molecule is Cc1ccc(OC(C)C(=O)N(C)C(C)C2CC2)cc1. The number of carbonyl (C=O) groups is 1. The molecule has 0 aromatic heterocycles. The number of benzene rings is 1. The van der Waals surface area contributed by atoms with Crippen molar-refractivity contribution >= 4 is 5.91 Å². The molecule has 1 fully saturated rings. The van der Waals surface area contributed by atoms with Gasteiger partial charge in [-0.3, -0.25) is 4.79 Å². The highest BCUT2D eigenvalue weighted by Crippen LogP contribution is 2.34. The lowest BCUT2D eigenvalue weighted by molar-refractivity contribution is -0.138. The van der Waals surface area contributed by atoms with Gasteiger partial charge in [0.05, 0.1) is 0 Å². The van der Waals surface area contributed by atoms with Gasteiger partial charge in [0.25, 0.3) is 5.91 Å². The molecule has 1 aromatic carbocycles. The standard InChI is InChI=1S/C16H23NO2/c1-11-5-9-15(10-6-11)19-13(3)16(18)17(4)12(2)14-7-8-14/h5-6,9-10,12-14H,7-8H2,1-4H3. The zero-order valence-corrected chi connectivity index (χ0v) is 12.2. The zero-order valence-electron chi connectivity index (χ0n) is 12.2. The van der Waals surface area contributed by atoms with Crippen LogP contribution in [0.5, 0.6) is 5.75 Å². The molecule has 0 saturated heterocycles. The van der Waals surface area contributed by atoms with E-state index in [2.05, 4.69) is 6.92 Å². The highest BCUT2D eigenvalue weighted by molar-refractivity contribution is 5.81. The van der Waals surface area contributed by atoms with Crippen LogP contribution in [0.15, 0.2) is 24.3 Å². The molecule has 2 rings (SSSR count). The van der Waals surface area contributed by atoms with Crippen LogP contribution < -0.4 is 4.74 Å². The van der Waals surface area contributed by atoms with E-state index in [4.69, 9.17) is 4.74 Å². The van der Waals surface area contributed by atoms with E-state index in [0.29, 0.717) is 12.0 Å². The Hall–Kier alpha value is -1.51. The van der Waals surface area contributed by atoms with Crippen LogP contribution in [0, 0.1) is 12.8 Å². The lowest BCUT2D eigenvalue weighted by atomic mass is 10.2. The van der Waals surface area contributed by atoms with E-state index in [9.17, 15) is 4.79 Å². The third kappa shape index (κ3) is 3.49. The third-order valence-corrected chi connectivity index (χ3v) is 3.94. The minimum atomic E-state index is -0.436. The largest absolute Gasteiger partial charge is 0.481 e. The summed E-state index contributed by atoms with van der Waals surface area (Å²) >= 11 is 0. The number of amides is 1. The zero-order chi connectivity index (χ0) is 14.0. The van der Waals surface area contributed by atoms with E-state index in [1.807, 2.05) is 50.1 Å². The number of carbonyl (C=O) groups excluding carboxylic acids is 1. The summed E-state index contributed by atoms with van der Waals surface area (Å²) in [5, 5.41) is 0. The summed E-state index contributed by atoms with van der Waals surface area (Å²) < 4.78 is 5.71. The molecule has 1 amide bonds. The monoisotopic (exact) mass is 261 g/mol. The van der Waals surface area contributed by atoms with Crippen molar-refractivity contribution in [1.29, 1.82) is 0 Å². The molecule has 1 aliphatic rings. The summed E-state index contributed by atoms with van der Waals surface area (Å²) in [5.74, 6) is 1.49. The molecule has 0 aliphatic heterocycles. The quantitative estimate of drug-likeness (QED) is 0.815. The maximum Gasteiger partial charge on any atom is 0.263 e. The van der Waals surface area contributed by atoms with Crippen LogP contribution in [-0.4, -0.2) is 30.0 Å². The first-order valence-corrected chi connectivity index (χ1v) is 6.99. The van der Waals surface area contributed by atoms with Crippen molar-refractivity contribution in [3.8, 4) is 5.75 Å². The fourth-order valence-electron chi connectivity index (χ4n) is 2.25. The van der Waals surface area contributed by atoms with Crippen LogP contribution in [0.2, 0.25) is 0 Å². The van der Waals surface area contributed by atoms with Gasteiger partial charge in [-0.25, -0.2) is 0 Å². The van der Waals surface area contributed by atoms with Crippen LogP contribution in [0.4, 0.5) is 0 Å². The first-order chi connectivity index (χ1) is 8.99. The van der Waals surface area contributed by atoms with Gasteiger partial charge in [0, 0.05) is 13.1 Å². The molecule has 1 aliphatic carbocycles. The molecule has 1 aromatic rings. The Kier molecular flexibility index (Phi) is 4.13. The summed E-state index contributed by atoms with van der Waals surface area (Å²) in [6, 6.07) is 8.11. The molecule has 3 heteroatoms. The summed E-state index contributed by atoms with van der Waals surface area (Å²) in [5.41, 5.74) is 1.19. The van der Waals surface area contributed by atoms with Crippen molar-refractivity contribution in [2.45, 2.75) is 45.8 Å². The molecule has 1 saturated carbocycles. The summed E-state index contributed by atoms with van der Waals surface area (Å²) in [4.78, 5) is 14.1. The van der Waals surface area contributed by atoms with Crippen LogP contribution in [0.1, 0.15) is 32.3 Å². The Bertz CT molecular complexity index is 437. The molecule has 0 heterocycles. The summed E-state index contributed by atoms with van der Waals surface area (Å²) in [7, 11) is 1.88. The second-order valence-electron chi connectivity index (χ2n) is 5.60. The molecule has 0 radical (unpaired) electrons. The highest BCUT2D eigenvalue weighted by atomic mass is 16.5. The van der Waals surface area contributed by atoms with Gasteiger partial charge in [-0.05, 0) is 51.7 Å². The van der Waals surface area contributed by atoms with Crippen molar-refractivity contribution in [2.75, 3.05) is 7.05 Å². The Balaban J connectivity index is 1.92. The van der Waals surface area contributed by atoms with Crippen LogP contribution >= 0.6 is 0 Å². The number of ether oxygens (including phenoxy) is 1. The first kappa shape index (κ1) is 13.9. The second kappa shape index (κ2) is 5.64. The highest BCUT2D eigenvalue weighted by Gasteiger charge is 2.34. The minimum absolute atomic E-state index is 0.0555. The molecule has 0 bridgehead atoms. The number of hydrogen-bond donors (Lipinski definition) is 0. The number of rotatable bonds is 5. The van der Waals surface area contributed by atoms with Crippen molar-refractivity contribution in [3.63, 3.8) is 0 Å². The third-order valence-electron chi connectivity index (χ3n) is 3.94. The molecule has 3 nitrogen and oxygen atoms in total. The Morgan fingerprint density at radius 3 is 2.37 bits per heavy atom. The van der Waals surface area contributed by atoms with Crippen LogP contribution in [-0.2, 0) is 4.79 Å². The van der Waals surface area contributed by atoms with Crippen LogP contribution in [0.25, 0.3) is 0 Å². The van der Waals surface area contributed by atoms with E-state index in [0.717, 1.165) is 5.75 Å². The average Bonchev–Trinajstić information content (AvgIpc) is 3.23. The van der Waals surface area contributed by atoms with Crippen molar-refractivity contribution in [3.05, 3.63) is 29.8 Å². The smallest absolute Gasteiger partial charge is 0.263 e. The van der Waals surface area contributed by atoms with Gasteiger partial charge in [-0.1, -0.05) is 17.7 Å². The van der Waals surface area contributed by atoms with E-state index in [1.165, 1.54) is 18.4 Å². The summed E-state index contributed by atoms with van der Waals surface area (Å²) in [6.07, 6.45) is 2.05. The lowest BCUT2D eigenvalue weighted by Crippen LogP contribution is -2.43. The molecular formula is C16H23NO2. The molecule has 104 valence electrons. The topological polar surface area (TPSA) is 29.5 Å². The van der Waals surface area contributed by atoms with Gasteiger partial charge in [0.2, 0.25) is 0 Å². The first-order valence-electron chi connectivity index (χ1n) is 6.99. The fourth-order valence-corrected chi connectivity index (χ4v) is 2.25. The average molecular weight is 261 g/mol. The van der Waals surface area contributed by atoms with E-state index in [-0.39, 0.29) is 5.91 Å². The lowest BCUT2D eigenvalue weighted by Gasteiger charge is -2.27. The maximum atomic E-state index is 12.3. The Morgan fingerprint density at radius 1 is 1.26 bits per heavy atom. The van der Waals surface area contributed by atoms with Crippen molar-refractivity contribution < 1.29 is 9.53 Å². The van der Waals surface area contributed by atoms with E-state index >= 15 is 0 Å². The number of hydrogen-bond acceptors (Lipinski definition) is 2. The second-order valence-corrected chi connectivity index (χ2v) is 5.60. The summed E-state index contributed by atoms with van der Waals surface area (Å²) in [6.45, 7) is 5.97. The van der Waals surface area contributed by atoms with Gasteiger partial charge in [0.15, 0.2) is 6.10 Å². The molecule has 0 N–H and O–H groups in total. The van der Waals surface area contributed by atoms with Gasteiger partial charge >= 0.3 is 0 Å². The minimum Gasteiger partial charge on any atom is -0.481 e. The molecular weight excluding hydrogens is 238 g/mol. The number of aryl methyl sites for hydroxylation is 1. The Morgan fingerprint density at radius 2 is 1.84 bits per heavy atom. The van der Waals surface area contributed by atoms with Gasteiger partial charge in [-0.15, -0.1) is 0 Å². The Labute approximate surface area is 115 Å². The molecule has 19 heavy (non-hydrogen) atoms. The fraction of sp³-hybridized carbons (Fsp3) is 0.562. The molecule has 2 atom stereocenters. The number of likely N-dealkylation sites (N-methyl/N-ethyl adjacent to an activating group) is 1. The predicted octanol–water partition coefficient (Wildman–Crippen LogP) is 3.02. The van der Waals surface area contributed by atoms with Gasteiger partial charge in [0.1, 0.15) is 5.75 Å². The predicted molar refractivity (Wildman–Crippen MR) is 76.2 cm³/mol. The van der Waals surface area contributed by atoms with Crippen LogP contribution in [0.3, 0.4) is 0 Å². The molecule has 0 spiro atoms. The van der Waals surface area contributed by atoms with Gasteiger partial charge < -0.3 is 9.64 Å².